The molecule has 1 N–H and O–H groups in total. The topological polar surface area (TPSA) is 57.6 Å². The SMILES string of the molecule is CC1C(C(=O)O)CCN1C(=O)C(C)(C)Cc1ccccc1. The Hall–Kier alpha value is -1.84. The van der Waals surface area contributed by atoms with Crippen molar-refractivity contribution in [3.63, 3.8) is 0 Å². The van der Waals surface area contributed by atoms with E-state index in [4.69, 9.17) is 0 Å². The molecular formula is C17H23NO3. The molecule has 2 unspecified atom stereocenters. The zero-order chi connectivity index (χ0) is 15.6. The molecule has 1 aliphatic rings. The summed E-state index contributed by atoms with van der Waals surface area (Å²) in [4.78, 5) is 25.7. The number of carbonyl (C=O) groups excluding carboxylic acids is 1. The second kappa shape index (κ2) is 5.88. The van der Waals surface area contributed by atoms with E-state index >= 15 is 0 Å². The van der Waals surface area contributed by atoms with E-state index in [-0.39, 0.29) is 11.9 Å². The lowest BCUT2D eigenvalue weighted by atomic mass is 9.84. The molecule has 1 aliphatic heterocycles. The Morgan fingerprint density at radius 2 is 1.90 bits per heavy atom. The molecule has 0 spiro atoms. The quantitative estimate of drug-likeness (QED) is 0.927. The van der Waals surface area contributed by atoms with Gasteiger partial charge in [-0.1, -0.05) is 44.2 Å². The van der Waals surface area contributed by atoms with Crippen LogP contribution in [-0.2, 0) is 16.0 Å². The lowest BCUT2D eigenvalue weighted by Gasteiger charge is -2.32. The summed E-state index contributed by atoms with van der Waals surface area (Å²) in [5.74, 6) is -1.21. The van der Waals surface area contributed by atoms with Crippen molar-refractivity contribution in [2.24, 2.45) is 11.3 Å². The second-order valence-electron chi connectivity index (χ2n) is 6.52. The summed E-state index contributed by atoms with van der Waals surface area (Å²) < 4.78 is 0. The number of hydrogen-bond acceptors (Lipinski definition) is 2. The van der Waals surface area contributed by atoms with Gasteiger partial charge in [-0.2, -0.15) is 0 Å². The number of rotatable bonds is 4. The van der Waals surface area contributed by atoms with Crippen LogP contribution in [0.25, 0.3) is 0 Å². The van der Waals surface area contributed by atoms with Gasteiger partial charge in [0.05, 0.1) is 5.92 Å². The van der Waals surface area contributed by atoms with Crippen LogP contribution in [0.3, 0.4) is 0 Å². The zero-order valence-corrected chi connectivity index (χ0v) is 12.9. The number of likely N-dealkylation sites (tertiary alicyclic amines) is 1. The molecule has 0 bridgehead atoms. The van der Waals surface area contributed by atoms with Gasteiger partial charge >= 0.3 is 5.97 Å². The predicted molar refractivity (Wildman–Crippen MR) is 80.8 cm³/mol. The standard InChI is InChI=1S/C17H23NO3/c1-12-14(15(19)20)9-10-18(12)16(21)17(2,3)11-13-7-5-4-6-8-13/h4-8,12,14H,9-11H2,1-3H3,(H,19,20). The zero-order valence-electron chi connectivity index (χ0n) is 12.9. The number of carboxylic acid groups (broad SMARTS) is 1. The first-order valence-electron chi connectivity index (χ1n) is 7.41. The van der Waals surface area contributed by atoms with Gasteiger partial charge in [-0.3, -0.25) is 9.59 Å². The molecule has 4 nitrogen and oxygen atoms in total. The van der Waals surface area contributed by atoms with Crippen molar-refractivity contribution in [1.29, 1.82) is 0 Å². The molecule has 114 valence electrons. The van der Waals surface area contributed by atoms with Crippen LogP contribution >= 0.6 is 0 Å². The molecule has 2 atom stereocenters. The van der Waals surface area contributed by atoms with Crippen LogP contribution in [0.1, 0.15) is 32.8 Å². The van der Waals surface area contributed by atoms with Crippen LogP contribution in [0.4, 0.5) is 0 Å². The molecular weight excluding hydrogens is 266 g/mol. The van der Waals surface area contributed by atoms with Gasteiger partial charge in [0, 0.05) is 18.0 Å². The summed E-state index contributed by atoms with van der Waals surface area (Å²) in [5, 5.41) is 9.18. The first-order valence-corrected chi connectivity index (χ1v) is 7.41. The molecule has 1 amide bonds. The summed E-state index contributed by atoms with van der Waals surface area (Å²) in [6.45, 7) is 6.24. The number of hydrogen-bond donors (Lipinski definition) is 1. The van der Waals surface area contributed by atoms with Gasteiger partial charge in [-0.25, -0.2) is 0 Å². The minimum absolute atomic E-state index is 0.0441. The normalized spacial score (nSPS) is 22.3. The molecule has 0 aromatic heterocycles. The third-order valence-corrected chi connectivity index (χ3v) is 4.40. The fourth-order valence-corrected chi connectivity index (χ4v) is 3.13. The van der Waals surface area contributed by atoms with Gasteiger partial charge < -0.3 is 10.0 Å². The number of amides is 1. The Morgan fingerprint density at radius 1 is 1.29 bits per heavy atom. The van der Waals surface area contributed by atoms with Crippen LogP contribution in [0, 0.1) is 11.3 Å². The predicted octanol–water partition coefficient (Wildman–Crippen LogP) is 2.58. The van der Waals surface area contributed by atoms with E-state index < -0.39 is 17.3 Å². The minimum atomic E-state index is -0.807. The van der Waals surface area contributed by atoms with E-state index in [1.807, 2.05) is 51.1 Å². The van der Waals surface area contributed by atoms with Crippen molar-refractivity contribution in [3.8, 4) is 0 Å². The molecule has 1 aromatic rings. The maximum absolute atomic E-state index is 12.8. The van der Waals surface area contributed by atoms with Gasteiger partial charge in [0.2, 0.25) is 5.91 Å². The first-order chi connectivity index (χ1) is 9.83. The van der Waals surface area contributed by atoms with Gasteiger partial charge in [0.1, 0.15) is 0 Å². The van der Waals surface area contributed by atoms with Gasteiger partial charge in [0.15, 0.2) is 0 Å². The molecule has 0 radical (unpaired) electrons. The second-order valence-corrected chi connectivity index (χ2v) is 6.52. The van der Waals surface area contributed by atoms with E-state index in [2.05, 4.69) is 0 Å². The van der Waals surface area contributed by atoms with Crippen LogP contribution < -0.4 is 0 Å². The van der Waals surface area contributed by atoms with Gasteiger partial charge in [0.25, 0.3) is 0 Å². The number of benzene rings is 1. The number of carboxylic acids is 1. The summed E-state index contributed by atoms with van der Waals surface area (Å²) in [5.41, 5.74) is 0.598. The molecule has 1 saturated heterocycles. The Kier molecular flexibility index (Phi) is 4.35. The maximum Gasteiger partial charge on any atom is 0.308 e. The summed E-state index contributed by atoms with van der Waals surface area (Å²) >= 11 is 0. The van der Waals surface area contributed by atoms with E-state index in [1.54, 1.807) is 4.90 Å². The largest absolute Gasteiger partial charge is 0.481 e. The molecule has 1 heterocycles. The van der Waals surface area contributed by atoms with Crippen LogP contribution in [0.15, 0.2) is 30.3 Å². The molecule has 21 heavy (non-hydrogen) atoms. The Morgan fingerprint density at radius 3 is 2.43 bits per heavy atom. The summed E-state index contributed by atoms with van der Waals surface area (Å²) in [6, 6.07) is 9.69. The van der Waals surface area contributed by atoms with E-state index in [1.165, 1.54) is 0 Å². The monoisotopic (exact) mass is 289 g/mol. The highest BCUT2D eigenvalue weighted by Crippen LogP contribution is 2.31. The lowest BCUT2D eigenvalue weighted by Crippen LogP contribution is -2.45. The molecule has 0 aliphatic carbocycles. The Bertz CT molecular complexity index is 524. The molecule has 4 heteroatoms. The van der Waals surface area contributed by atoms with Crippen molar-refractivity contribution in [1.82, 2.24) is 4.90 Å². The van der Waals surface area contributed by atoms with Crippen molar-refractivity contribution >= 4 is 11.9 Å². The third-order valence-electron chi connectivity index (χ3n) is 4.40. The van der Waals surface area contributed by atoms with E-state index in [9.17, 15) is 14.7 Å². The third kappa shape index (κ3) is 3.26. The van der Waals surface area contributed by atoms with Crippen molar-refractivity contribution < 1.29 is 14.7 Å². The average Bonchev–Trinajstić information content (AvgIpc) is 2.80. The highest BCUT2D eigenvalue weighted by Gasteiger charge is 2.42. The maximum atomic E-state index is 12.8. The fourth-order valence-electron chi connectivity index (χ4n) is 3.13. The van der Waals surface area contributed by atoms with Gasteiger partial charge in [-0.15, -0.1) is 0 Å². The molecule has 1 aromatic carbocycles. The Balaban J connectivity index is 2.10. The fraction of sp³-hybridized carbons (Fsp3) is 0.529. The Labute approximate surface area is 125 Å². The molecule has 2 rings (SSSR count). The van der Waals surface area contributed by atoms with Crippen molar-refractivity contribution in [2.45, 2.75) is 39.7 Å². The molecule has 0 saturated carbocycles. The number of carbonyl (C=O) groups is 2. The first kappa shape index (κ1) is 15.5. The molecule has 1 fully saturated rings. The highest BCUT2D eigenvalue weighted by molar-refractivity contribution is 5.84. The van der Waals surface area contributed by atoms with Gasteiger partial charge in [-0.05, 0) is 25.3 Å². The van der Waals surface area contributed by atoms with E-state index in [0.717, 1.165) is 5.56 Å². The van der Waals surface area contributed by atoms with Crippen LogP contribution in [0.5, 0.6) is 0 Å². The highest BCUT2D eigenvalue weighted by atomic mass is 16.4. The van der Waals surface area contributed by atoms with Crippen molar-refractivity contribution in [2.75, 3.05) is 6.54 Å². The minimum Gasteiger partial charge on any atom is -0.481 e. The summed E-state index contributed by atoms with van der Waals surface area (Å²) in [7, 11) is 0. The summed E-state index contributed by atoms with van der Waals surface area (Å²) in [6.07, 6.45) is 1.21. The average molecular weight is 289 g/mol. The van der Waals surface area contributed by atoms with Crippen LogP contribution in [-0.4, -0.2) is 34.5 Å². The van der Waals surface area contributed by atoms with Crippen molar-refractivity contribution in [3.05, 3.63) is 35.9 Å². The van der Waals surface area contributed by atoms with Crippen LogP contribution in [0.2, 0.25) is 0 Å². The lowest BCUT2D eigenvalue weighted by molar-refractivity contribution is -0.145. The van der Waals surface area contributed by atoms with E-state index in [0.29, 0.717) is 19.4 Å². The smallest absolute Gasteiger partial charge is 0.308 e. The number of aliphatic carboxylic acids is 1. The number of nitrogens with zero attached hydrogens (tertiary/aromatic N) is 1.